The first-order valence-corrected chi connectivity index (χ1v) is 4.97. The molecule has 0 aromatic carbocycles. The molecule has 76 valence electrons. The van der Waals surface area contributed by atoms with Crippen molar-refractivity contribution in [1.29, 1.82) is 0 Å². The SMILES string of the molecule is Cc1ccncc1OCC1CCOC1. The van der Waals surface area contributed by atoms with Crippen LogP contribution in [-0.4, -0.2) is 24.8 Å². The van der Waals surface area contributed by atoms with E-state index in [1.54, 1.807) is 12.4 Å². The number of nitrogens with zero attached hydrogens (tertiary/aromatic N) is 1. The average molecular weight is 193 g/mol. The van der Waals surface area contributed by atoms with E-state index in [0.717, 1.165) is 37.6 Å². The molecule has 1 saturated heterocycles. The molecule has 0 saturated carbocycles. The van der Waals surface area contributed by atoms with Crippen molar-refractivity contribution < 1.29 is 9.47 Å². The summed E-state index contributed by atoms with van der Waals surface area (Å²) in [7, 11) is 0. The van der Waals surface area contributed by atoms with Crippen LogP contribution < -0.4 is 4.74 Å². The Morgan fingerprint density at radius 1 is 1.64 bits per heavy atom. The third-order valence-corrected chi connectivity index (χ3v) is 2.49. The van der Waals surface area contributed by atoms with E-state index in [-0.39, 0.29) is 0 Å². The highest BCUT2D eigenvalue weighted by atomic mass is 16.5. The standard InChI is InChI=1S/C11H15NO2/c1-9-2-4-12-6-11(9)14-8-10-3-5-13-7-10/h2,4,6,10H,3,5,7-8H2,1H3. The van der Waals surface area contributed by atoms with E-state index in [1.807, 2.05) is 13.0 Å². The summed E-state index contributed by atoms with van der Waals surface area (Å²) in [5, 5.41) is 0. The van der Waals surface area contributed by atoms with E-state index in [2.05, 4.69) is 4.98 Å². The van der Waals surface area contributed by atoms with Gasteiger partial charge in [0.2, 0.25) is 0 Å². The van der Waals surface area contributed by atoms with Crippen LogP contribution in [-0.2, 0) is 4.74 Å². The van der Waals surface area contributed by atoms with E-state index in [1.165, 1.54) is 0 Å². The monoisotopic (exact) mass is 193 g/mol. The quantitative estimate of drug-likeness (QED) is 0.733. The van der Waals surface area contributed by atoms with Crippen LogP contribution in [0.1, 0.15) is 12.0 Å². The van der Waals surface area contributed by atoms with Crippen molar-refractivity contribution >= 4 is 0 Å². The normalized spacial score (nSPS) is 21.1. The molecule has 0 amide bonds. The molecule has 1 aromatic heterocycles. The number of hydrogen-bond acceptors (Lipinski definition) is 3. The Hall–Kier alpha value is -1.09. The molecule has 2 rings (SSSR count). The molecule has 1 unspecified atom stereocenters. The fourth-order valence-corrected chi connectivity index (χ4v) is 1.52. The maximum absolute atomic E-state index is 5.68. The maximum atomic E-state index is 5.68. The summed E-state index contributed by atoms with van der Waals surface area (Å²) in [6, 6.07) is 1.96. The Morgan fingerprint density at radius 2 is 2.57 bits per heavy atom. The molecule has 1 aliphatic heterocycles. The fraction of sp³-hybridized carbons (Fsp3) is 0.545. The number of ether oxygens (including phenoxy) is 2. The Balaban J connectivity index is 1.88. The number of rotatable bonds is 3. The summed E-state index contributed by atoms with van der Waals surface area (Å²) in [6.07, 6.45) is 4.66. The molecule has 0 spiro atoms. The minimum atomic E-state index is 0.551. The summed E-state index contributed by atoms with van der Waals surface area (Å²) >= 11 is 0. The highest BCUT2D eigenvalue weighted by Crippen LogP contribution is 2.18. The third-order valence-electron chi connectivity index (χ3n) is 2.49. The van der Waals surface area contributed by atoms with Crippen molar-refractivity contribution in [2.45, 2.75) is 13.3 Å². The summed E-state index contributed by atoms with van der Waals surface area (Å²) in [5.41, 5.74) is 1.14. The van der Waals surface area contributed by atoms with Crippen LogP contribution >= 0.6 is 0 Å². The van der Waals surface area contributed by atoms with E-state index >= 15 is 0 Å². The average Bonchev–Trinajstić information content (AvgIpc) is 2.69. The zero-order chi connectivity index (χ0) is 9.80. The first-order valence-electron chi connectivity index (χ1n) is 4.97. The van der Waals surface area contributed by atoms with E-state index in [0.29, 0.717) is 5.92 Å². The second kappa shape index (κ2) is 4.42. The van der Waals surface area contributed by atoms with Crippen LogP contribution in [0.4, 0.5) is 0 Å². The van der Waals surface area contributed by atoms with Gasteiger partial charge < -0.3 is 9.47 Å². The van der Waals surface area contributed by atoms with Gasteiger partial charge in [-0.25, -0.2) is 0 Å². The topological polar surface area (TPSA) is 31.4 Å². The molecular weight excluding hydrogens is 178 g/mol. The summed E-state index contributed by atoms with van der Waals surface area (Å²) in [6.45, 7) is 4.48. The minimum absolute atomic E-state index is 0.551. The van der Waals surface area contributed by atoms with Gasteiger partial charge >= 0.3 is 0 Å². The number of aryl methyl sites for hydroxylation is 1. The van der Waals surface area contributed by atoms with Gasteiger partial charge in [-0.15, -0.1) is 0 Å². The Labute approximate surface area is 84.1 Å². The number of pyridine rings is 1. The van der Waals surface area contributed by atoms with Crippen molar-refractivity contribution in [1.82, 2.24) is 4.98 Å². The predicted molar refractivity (Wildman–Crippen MR) is 53.4 cm³/mol. The molecule has 1 fully saturated rings. The Bertz CT molecular complexity index is 295. The second-order valence-corrected chi connectivity index (χ2v) is 3.68. The predicted octanol–water partition coefficient (Wildman–Crippen LogP) is 1.81. The van der Waals surface area contributed by atoms with Crippen molar-refractivity contribution in [3.63, 3.8) is 0 Å². The van der Waals surface area contributed by atoms with Crippen molar-refractivity contribution in [2.75, 3.05) is 19.8 Å². The lowest BCUT2D eigenvalue weighted by Gasteiger charge is -2.11. The van der Waals surface area contributed by atoms with Gasteiger partial charge in [0, 0.05) is 18.7 Å². The molecular formula is C11H15NO2. The van der Waals surface area contributed by atoms with Gasteiger partial charge in [-0.2, -0.15) is 0 Å². The Morgan fingerprint density at radius 3 is 3.29 bits per heavy atom. The van der Waals surface area contributed by atoms with Gasteiger partial charge in [0.05, 0.1) is 19.4 Å². The largest absolute Gasteiger partial charge is 0.491 e. The lowest BCUT2D eigenvalue weighted by Crippen LogP contribution is -2.12. The van der Waals surface area contributed by atoms with Gasteiger partial charge in [0.1, 0.15) is 5.75 Å². The summed E-state index contributed by atoms with van der Waals surface area (Å²) in [5.74, 6) is 1.44. The Kier molecular flexibility index (Phi) is 2.99. The summed E-state index contributed by atoms with van der Waals surface area (Å²) < 4.78 is 11.0. The molecule has 3 nitrogen and oxygen atoms in total. The molecule has 0 bridgehead atoms. The molecule has 2 heterocycles. The minimum Gasteiger partial charge on any atom is -0.491 e. The molecule has 3 heteroatoms. The summed E-state index contributed by atoms with van der Waals surface area (Å²) in [4.78, 5) is 4.03. The molecule has 0 N–H and O–H groups in total. The van der Waals surface area contributed by atoms with Gasteiger partial charge in [-0.1, -0.05) is 0 Å². The first kappa shape index (κ1) is 9.46. The van der Waals surface area contributed by atoms with E-state index < -0.39 is 0 Å². The first-order chi connectivity index (χ1) is 6.86. The highest BCUT2D eigenvalue weighted by Gasteiger charge is 2.16. The van der Waals surface area contributed by atoms with Crippen LogP contribution in [0.2, 0.25) is 0 Å². The highest BCUT2D eigenvalue weighted by molar-refractivity contribution is 5.27. The van der Waals surface area contributed by atoms with Crippen LogP contribution in [0.3, 0.4) is 0 Å². The lowest BCUT2D eigenvalue weighted by molar-refractivity contribution is 0.166. The fourth-order valence-electron chi connectivity index (χ4n) is 1.52. The van der Waals surface area contributed by atoms with Crippen LogP contribution in [0.5, 0.6) is 5.75 Å². The van der Waals surface area contributed by atoms with Gasteiger partial charge in [-0.3, -0.25) is 4.98 Å². The number of hydrogen-bond donors (Lipinski definition) is 0. The molecule has 1 atom stereocenters. The lowest BCUT2D eigenvalue weighted by atomic mass is 10.1. The second-order valence-electron chi connectivity index (χ2n) is 3.68. The van der Waals surface area contributed by atoms with Crippen LogP contribution in [0, 0.1) is 12.8 Å². The van der Waals surface area contributed by atoms with Gasteiger partial charge in [0.25, 0.3) is 0 Å². The van der Waals surface area contributed by atoms with E-state index in [4.69, 9.17) is 9.47 Å². The van der Waals surface area contributed by atoms with Crippen molar-refractivity contribution in [3.05, 3.63) is 24.0 Å². The molecule has 1 aliphatic rings. The molecule has 0 aliphatic carbocycles. The van der Waals surface area contributed by atoms with Crippen molar-refractivity contribution in [3.8, 4) is 5.75 Å². The molecule has 1 aromatic rings. The molecule has 14 heavy (non-hydrogen) atoms. The van der Waals surface area contributed by atoms with Gasteiger partial charge in [0.15, 0.2) is 0 Å². The smallest absolute Gasteiger partial charge is 0.140 e. The maximum Gasteiger partial charge on any atom is 0.140 e. The number of aromatic nitrogens is 1. The van der Waals surface area contributed by atoms with Crippen molar-refractivity contribution in [2.24, 2.45) is 5.92 Å². The van der Waals surface area contributed by atoms with E-state index in [9.17, 15) is 0 Å². The van der Waals surface area contributed by atoms with Crippen LogP contribution in [0.15, 0.2) is 18.5 Å². The van der Waals surface area contributed by atoms with Gasteiger partial charge in [-0.05, 0) is 25.0 Å². The molecule has 0 radical (unpaired) electrons. The zero-order valence-electron chi connectivity index (χ0n) is 8.40. The third kappa shape index (κ3) is 2.23. The zero-order valence-corrected chi connectivity index (χ0v) is 8.40. The van der Waals surface area contributed by atoms with Crippen LogP contribution in [0.25, 0.3) is 0 Å².